The fraction of sp³-hybridized carbons (Fsp3) is 0.579. The number of hydrogen-bond acceptors (Lipinski definition) is 10. The van der Waals surface area contributed by atoms with Crippen LogP contribution >= 0.6 is 0 Å². The van der Waals surface area contributed by atoms with E-state index in [0.717, 1.165) is 0 Å². The summed E-state index contributed by atoms with van der Waals surface area (Å²) in [7, 11) is 0. The van der Waals surface area contributed by atoms with Crippen molar-refractivity contribution in [2.75, 3.05) is 32.8 Å². The first-order chi connectivity index (χ1) is 17.8. The maximum atomic E-state index is 12.5. The van der Waals surface area contributed by atoms with Gasteiger partial charge >= 0.3 is 11.9 Å². The topological polar surface area (TPSA) is 331 Å². The highest BCUT2D eigenvalue weighted by molar-refractivity contribution is 5.96. The molecule has 5 amide bonds. The van der Waals surface area contributed by atoms with Gasteiger partial charge in [0.25, 0.3) is 0 Å². The zero-order valence-corrected chi connectivity index (χ0v) is 20.3. The van der Waals surface area contributed by atoms with Gasteiger partial charge in [-0.15, -0.1) is 0 Å². The summed E-state index contributed by atoms with van der Waals surface area (Å²) >= 11 is 0. The van der Waals surface area contributed by atoms with Crippen LogP contribution in [-0.4, -0.2) is 114 Å². The second-order valence-electron chi connectivity index (χ2n) is 7.56. The number of nitrogens with zero attached hydrogens (tertiary/aromatic N) is 1. The first kappa shape index (κ1) is 33.5. The fourth-order valence-electron chi connectivity index (χ4n) is 2.70. The van der Waals surface area contributed by atoms with Crippen molar-refractivity contribution in [3.63, 3.8) is 0 Å². The molecule has 0 rings (SSSR count). The maximum Gasteiger partial charge on any atom is 0.322 e. The standard InChI is InChI=1S/C19H33N9O10/c20-5-12(30)26-9(2-1-3-23-19(21)22)16(36)24-6-13(31)27-10(4-14(32)33)18(38)28-11(8-29)17(37)25-7-15(34)35/h9-11,29H,1-8,20H2,(H,24,36)(H,25,37)(H,26,30)(H,27,31)(H,28,38)(H,32,33)(H,34,35)(H4,21,22,23)/t9-,10-,11-/m0/s1. The van der Waals surface area contributed by atoms with Crippen LogP contribution in [0.1, 0.15) is 19.3 Å². The number of aliphatic hydroxyl groups is 1. The van der Waals surface area contributed by atoms with Crippen LogP contribution in [0.2, 0.25) is 0 Å². The summed E-state index contributed by atoms with van der Waals surface area (Å²) in [6, 6.07) is -4.48. The molecule has 19 nitrogen and oxygen atoms in total. The van der Waals surface area contributed by atoms with Gasteiger partial charge in [0.05, 0.1) is 26.1 Å². The Hall–Kier alpha value is -4.52. The van der Waals surface area contributed by atoms with Gasteiger partial charge in [-0.25, -0.2) is 0 Å². The summed E-state index contributed by atoms with van der Waals surface area (Å²) in [6.07, 6.45) is -0.577. The minimum Gasteiger partial charge on any atom is -0.481 e. The van der Waals surface area contributed by atoms with Crippen molar-refractivity contribution in [2.45, 2.75) is 37.4 Å². The normalized spacial score (nSPS) is 12.6. The number of nitrogens with one attached hydrogen (secondary N) is 5. The number of aliphatic hydroxyl groups excluding tert-OH is 1. The molecule has 0 heterocycles. The van der Waals surface area contributed by atoms with Crippen LogP contribution in [0, 0.1) is 0 Å². The maximum absolute atomic E-state index is 12.5. The molecule has 0 aromatic rings. The number of carboxylic acid groups (broad SMARTS) is 2. The molecule has 0 bridgehead atoms. The van der Waals surface area contributed by atoms with E-state index in [1.54, 1.807) is 0 Å². The van der Waals surface area contributed by atoms with Crippen LogP contribution in [0.15, 0.2) is 4.99 Å². The average Bonchev–Trinajstić information content (AvgIpc) is 2.84. The highest BCUT2D eigenvalue weighted by Crippen LogP contribution is 2.00. The number of aliphatic imine (C=N–C) groups is 1. The molecule has 0 aliphatic heterocycles. The summed E-state index contributed by atoms with van der Waals surface area (Å²) < 4.78 is 0. The van der Waals surface area contributed by atoms with Gasteiger partial charge in [0.2, 0.25) is 29.5 Å². The summed E-state index contributed by atoms with van der Waals surface area (Å²) in [4.78, 5) is 86.2. The lowest BCUT2D eigenvalue weighted by Gasteiger charge is -2.21. The van der Waals surface area contributed by atoms with Gasteiger partial charge in [-0.2, -0.15) is 0 Å². The number of carbonyl (C=O) groups excluding carboxylic acids is 5. The van der Waals surface area contributed by atoms with Gasteiger partial charge in [-0.1, -0.05) is 0 Å². The highest BCUT2D eigenvalue weighted by atomic mass is 16.4. The van der Waals surface area contributed by atoms with E-state index in [2.05, 4.69) is 20.9 Å². The third-order valence-electron chi connectivity index (χ3n) is 4.47. The van der Waals surface area contributed by atoms with Gasteiger partial charge in [-0.05, 0) is 12.8 Å². The van der Waals surface area contributed by atoms with Crippen LogP contribution in [0.4, 0.5) is 0 Å². The molecule has 0 aliphatic carbocycles. The average molecular weight is 548 g/mol. The Labute approximate surface area is 215 Å². The van der Waals surface area contributed by atoms with Crippen molar-refractivity contribution in [1.82, 2.24) is 26.6 Å². The molecule has 38 heavy (non-hydrogen) atoms. The second kappa shape index (κ2) is 17.8. The summed E-state index contributed by atoms with van der Waals surface area (Å²) in [6.45, 7) is -2.75. The smallest absolute Gasteiger partial charge is 0.322 e. The minimum absolute atomic E-state index is 0.0759. The number of carbonyl (C=O) groups is 7. The van der Waals surface area contributed by atoms with Crippen LogP contribution in [0.5, 0.6) is 0 Å². The predicted molar refractivity (Wildman–Crippen MR) is 128 cm³/mol. The Kier molecular flexibility index (Phi) is 15.7. The molecule has 0 saturated heterocycles. The van der Waals surface area contributed by atoms with Crippen molar-refractivity contribution in [3.8, 4) is 0 Å². The largest absolute Gasteiger partial charge is 0.481 e. The Bertz CT molecular complexity index is 907. The summed E-state index contributed by atoms with van der Waals surface area (Å²) in [5, 5.41) is 37.5. The molecular formula is C19H33N9O10. The Morgan fingerprint density at radius 3 is 1.84 bits per heavy atom. The van der Waals surface area contributed by atoms with Crippen molar-refractivity contribution in [1.29, 1.82) is 0 Å². The van der Waals surface area contributed by atoms with E-state index in [4.69, 9.17) is 27.4 Å². The van der Waals surface area contributed by atoms with E-state index in [1.807, 2.05) is 10.6 Å². The van der Waals surface area contributed by atoms with Gasteiger partial charge in [-0.3, -0.25) is 38.6 Å². The molecule has 0 fully saturated rings. The van der Waals surface area contributed by atoms with E-state index in [-0.39, 0.29) is 25.3 Å². The molecular weight excluding hydrogens is 514 g/mol. The lowest BCUT2D eigenvalue weighted by Crippen LogP contribution is -2.57. The van der Waals surface area contributed by atoms with Crippen molar-refractivity contribution in [3.05, 3.63) is 0 Å². The number of nitrogens with two attached hydrogens (primary N) is 3. The van der Waals surface area contributed by atoms with Gasteiger partial charge in [0.1, 0.15) is 24.7 Å². The number of guanidine groups is 1. The lowest BCUT2D eigenvalue weighted by atomic mass is 10.1. The lowest BCUT2D eigenvalue weighted by molar-refractivity contribution is -0.141. The Balaban J connectivity index is 5.15. The van der Waals surface area contributed by atoms with Crippen LogP contribution < -0.4 is 43.8 Å². The van der Waals surface area contributed by atoms with Gasteiger partial charge < -0.3 is 59.1 Å². The van der Waals surface area contributed by atoms with E-state index in [1.165, 1.54) is 0 Å². The molecule has 0 aromatic carbocycles. The number of rotatable bonds is 18. The van der Waals surface area contributed by atoms with E-state index < -0.39 is 92.3 Å². The second-order valence-corrected chi connectivity index (χ2v) is 7.56. The Morgan fingerprint density at radius 2 is 1.32 bits per heavy atom. The Morgan fingerprint density at radius 1 is 0.737 bits per heavy atom. The number of amides is 5. The number of aliphatic carboxylic acids is 2. The zero-order valence-electron chi connectivity index (χ0n) is 20.3. The zero-order chi connectivity index (χ0) is 29.3. The summed E-state index contributed by atoms with van der Waals surface area (Å²) in [5.74, 6) is -7.75. The quantitative estimate of drug-likeness (QED) is 0.0432. The minimum atomic E-state index is -1.73. The number of hydrogen-bond donors (Lipinski definition) is 11. The van der Waals surface area contributed by atoms with E-state index >= 15 is 0 Å². The number of carboxylic acids is 2. The van der Waals surface area contributed by atoms with E-state index in [9.17, 15) is 38.7 Å². The third kappa shape index (κ3) is 14.8. The monoisotopic (exact) mass is 547 g/mol. The molecule has 0 radical (unpaired) electrons. The molecule has 14 N–H and O–H groups in total. The van der Waals surface area contributed by atoms with Crippen molar-refractivity contribution >= 4 is 47.4 Å². The molecule has 0 aromatic heterocycles. The van der Waals surface area contributed by atoms with E-state index in [0.29, 0.717) is 0 Å². The fourth-order valence-corrected chi connectivity index (χ4v) is 2.70. The molecule has 0 aliphatic rings. The summed E-state index contributed by atoms with van der Waals surface area (Å²) in [5.41, 5.74) is 15.7. The van der Waals surface area contributed by atoms with Crippen LogP contribution in [-0.2, 0) is 33.6 Å². The van der Waals surface area contributed by atoms with Crippen molar-refractivity contribution < 1.29 is 48.9 Å². The molecule has 0 spiro atoms. The molecule has 19 heteroatoms. The third-order valence-corrected chi connectivity index (χ3v) is 4.47. The molecule has 0 saturated carbocycles. The van der Waals surface area contributed by atoms with Crippen molar-refractivity contribution in [2.24, 2.45) is 22.2 Å². The SMILES string of the molecule is NCC(=O)N[C@@H](CCCN=C(N)N)C(=O)NCC(=O)N[C@@H](CC(=O)O)C(=O)N[C@@H](CO)C(=O)NCC(=O)O. The highest BCUT2D eigenvalue weighted by Gasteiger charge is 2.29. The van der Waals surface area contributed by atoms with Crippen LogP contribution in [0.3, 0.4) is 0 Å². The van der Waals surface area contributed by atoms with Crippen LogP contribution in [0.25, 0.3) is 0 Å². The van der Waals surface area contributed by atoms with Gasteiger partial charge in [0, 0.05) is 6.54 Å². The molecule has 0 unspecified atom stereocenters. The predicted octanol–water partition coefficient (Wildman–Crippen LogP) is -6.76. The van der Waals surface area contributed by atoms with Gasteiger partial charge in [0.15, 0.2) is 5.96 Å². The first-order valence-corrected chi connectivity index (χ1v) is 11.0. The molecule has 214 valence electrons. The first-order valence-electron chi connectivity index (χ1n) is 11.0. The molecule has 3 atom stereocenters.